The maximum Gasteiger partial charge on any atom is 0.320 e. The highest BCUT2D eigenvalue weighted by Crippen LogP contribution is 2.43. The summed E-state index contributed by atoms with van der Waals surface area (Å²) in [5, 5.41) is 14.9. The van der Waals surface area contributed by atoms with Crippen LogP contribution in [0, 0.1) is 18.8 Å². The van der Waals surface area contributed by atoms with E-state index in [2.05, 4.69) is 56.1 Å². The largest absolute Gasteiger partial charge is 0.480 e. The number of rotatable bonds is 11. The van der Waals surface area contributed by atoms with Crippen molar-refractivity contribution >= 4 is 47.6 Å². The van der Waals surface area contributed by atoms with Crippen molar-refractivity contribution in [2.45, 2.75) is 26.4 Å². The van der Waals surface area contributed by atoms with E-state index in [0.29, 0.717) is 33.7 Å². The van der Waals surface area contributed by atoms with Gasteiger partial charge in [0.1, 0.15) is 18.8 Å². The lowest BCUT2D eigenvalue weighted by molar-refractivity contribution is -0.139. The Labute approximate surface area is 248 Å². The van der Waals surface area contributed by atoms with Crippen molar-refractivity contribution in [3.8, 4) is 11.8 Å². The third kappa shape index (κ3) is 6.68. The monoisotopic (exact) mass is 610 g/mol. The first kappa shape index (κ1) is 29.8. The van der Waals surface area contributed by atoms with Crippen LogP contribution in [-0.2, 0) is 25.1 Å². The number of hydrogen-bond acceptors (Lipinski definition) is 6. The van der Waals surface area contributed by atoms with E-state index in [1.807, 2.05) is 19.1 Å². The van der Waals surface area contributed by atoms with Gasteiger partial charge in [-0.1, -0.05) is 48.9 Å². The second kappa shape index (κ2) is 12.3. The molecule has 0 fully saturated rings. The van der Waals surface area contributed by atoms with Gasteiger partial charge in [0.2, 0.25) is 7.44 Å². The summed E-state index contributed by atoms with van der Waals surface area (Å²) in [5.74, 6) is -0.315. The molecule has 0 amide bonds. The van der Waals surface area contributed by atoms with Gasteiger partial charge in [-0.2, -0.15) is 4.98 Å². The molecule has 3 aromatic rings. The molecule has 2 aromatic carbocycles. The minimum Gasteiger partial charge on any atom is -0.480 e. The second-order valence-corrected chi connectivity index (χ2v) is 13.3. The molecule has 10 nitrogen and oxygen atoms in total. The van der Waals surface area contributed by atoms with E-state index in [1.165, 1.54) is 12.7 Å². The molecule has 0 saturated heterocycles. The number of carbonyl (C=O) groups excluding carboxylic acids is 1. The molecule has 0 aliphatic heterocycles. The lowest BCUT2D eigenvalue weighted by Gasteiger charge is -2.21. The number of hydrogen-bond donors (Lipinski definition) is 4. The van der Waals surface area contributed by atoms with Crippen LogP contribution in [0.25, 0.3) is 16.6 Å². The summed E-state index contributed by atoms with van der Waals surface area (Å²) in [6.45, 7) is 3.18. The Balaban J connectivity index is 1.36. The van der Waals surface area contributed by atoms with Crippen LogP contribution in [-0.4, -0.2) is 47.2 Å². The Morgan fingerprint density at radius 1 is 1.21 bits per heavy atom. The third-order valence-electron chi connectivity index (χ3n) is 7.55. The van der Waals surface area contributed by atoms with E-state index in [4.69, 9.17) is 21.4 Å². The fraction of sp³-hybridized carbons (Fsp3) is 0.300. The van der Waals surface area contributed by atoms with Crippen LogP contribution < -0.4 is 14.9 Å². The number of carboxylic acids is 1. The van der Waals surface area contributed by atoms with E-state index in [-0.39, 0.29) is 18.7 Å². The minimum atomic E-state index is -3.54. The first-order valence-corrected chi connectivity index (χ1v) is 15.8. The molecule has 1 aromatic heterocycles. The Morgan fingerprint density at radius 3 is 2.76 bits per heavy atom. The van der Waals surface area contributed by atoms with Gasteiger partial charge in [0.25, 0.3) is 6.01 Å². The number of carboxylic acid groups (broad SMARTS) is 1. The number of nitrogens with one attached hydrogen (secondary N) is 3. The van der Waals surface area contributed by atoms with Gasteiger partial charge in [-0.25, -0.2) is 10.2 Å². The number of carbonyl (C=O) groups is 2. The van der Waals surface area contributed by atoms with Gasteiger partial charge in [-0.3, -0.25) is 14.2 Å². The Hall–Kier alpha value is -3.69. The van der Waals surface area contributed by atoms with Crippen LogP contribution in [0.5, 0.6) is 11.8 Å². The average Bonchev–Trinajstić information content (AvgIpc) is 3.53. The molecule has 0 saturated carbocycles. The molecular weight excluding hydrogens is 579 g/mol. The SMILES string of the molecule is COC(=O)CNP(=O)(Cc1cc(Oc2nc3cc(C4=CCC5C(=C4)C=CC5C)c(Cl)cc3[nH]2)ccc1C)NCC(=O)O. The summed E-state index contributed by atoms with van der Waals surface area (Å²) in [6.07, 6.45) is 9.76. The number of aliphatic carboxylic acids is 1. The maximum absolute atomic E-state index is 13.5. The van der Waals surface area contributed by atoms with E-state index in [0.717, 1.165) is 28.6 Å². The van der Waals surface area contributed by atoms with E-state index in [1.54, 1.807) is 18.2 Å². The second-order valence-electron chi connectivity index (χ2n) is 10.5. The lowest BCUT2D eigenvalue weighted by Crippen LogP contribution is -2.31. The predicted molar refractivity (Wildman–Crippen MR) is 162 cm³/mol. The number of methoxy groups -OCH3 is 1. The first-order chi connectivity index (χ1) is 20.0. The molecule has 1 heterocycles. The van der Waals surface area contributed by atoms with Gasteiger partial charge in [-0.15, -0.1) is 0 Å². The number of esters is 1. The smallest absolute Gasteiger partial charge is 0.320 e. The molecule has 42 heavy (non-hydrogen) atoms. The zero-order valence-electron chi connectivity index (χ0n) is 23.4. The molecule has 12 heteroatoms. The number of aromatic amines is 1. The van der Waals surface area contributed by atoms with Crippen LogP contribution in [0.4, 0.5) is 0 Å². The molecular formula is C30H32ClN4O6P. The summed E-state index contributed by atoms with van der Waals surface area (Å²) in [7, 11) is -2.33. The van der Waals surface area contributed by atoms with Gasteiger partial charge in [0, 0.05) is 5.56 Å². The lowest BCUT2D eigenvalue weighted by atomic mass is 9.84. The quantitative estimate of drug-likeness (QED) is 0.152. The van der Waals surface area contributed by atoms with Crippen molar-refractivity contribution in [3.63, 3.8) is 0 Å². The number of H-pyrrole nitrogens is 1. The maximum atomic E-state index is 13.5. The number of aromatic nitrogens is 2. The van der Waals surface area contributed by atoms with Crippen LogP contribution in [0.15, 0.2) is 60.2 Å². The molecule has 2 aliphatic carbocycles. The predicted octanol–water partition coefficient (Wildman–Crippen LogP) is 5.98. The fourth-order valence-electron chi connectivity index (χ4n) is 5.15. The number of allylic oxidation sites excluding steroid dienone is 6. The average molecular weight is 611 g/mol. The van der Waals surface area contributed by atoms with Gasteiger partial charge in [0.15, 0.2) is 0 Å². The molecule has 3 atom stereocenters. The molecule has 5 rings (SSSR count). The van der Waals surface area contributed by atoms with Crippen LogP contribution >= 0.6 is 19.0 Å². The summed E-state index contributed by atoms with van der Waals surface area (Å²) < 4.78 is 24.2. The van der Waals surface area contributed by atoms with Gasteiger partial charge >= 0.3 is 11.9 Å². The van der Waals surface area contributed by atoms with Crippen molar-refractivity contribution in [2.24, 2.45) is 11.8 Å². The highest BCUT2D eigenvalue weighted by Gasteiger charge is 2.27. The topological polar surface area (TPSA) is 143 Å². The summed E-state index contributed by atoms with van der Waals surface area (Å²) >= 11 is 6.70. The van der Waals surface area contributed by atoms with E-state index in [9.17, 15) is 14.2 Å². The molecule has 2 aliphatic rings. The third-order valence-corrected chi connectivity index (χ3v) is 9.99. The fourth-order valence-corrected chi connectivity index (χ4v) is 7.35. The van der Waals surface area contributed by atoms with Crippen molar-refractivity contribution in [1.82, 2.24) is 20.1 Å². The van der Waals surface area contributed by atoms with Gasteiger partial charge in [0.05, 0.1) is 29.3 Å². The zero-order valence-corrected chi connectivity index (χ0v) is 25.1. The van der Waals surface area contributed by atoms with E-state index < -0.39 is 25.9 Å². The van der Waals surface area contributed by atoms with Gasteiger partial charge < -0.3 is 19.6 Å². The van der Waals surface area contributed by atoms with Crippen molar-refractivity contribution in [1.29, 1.82) is 0 Å². The Bertz CT molecular complexity index is 1690. The number of imidazole rings is 1. The Kier molecular flexibility index (Phi) is 8.70. The van der Waals surface area contributed by atoms with Crippen LogP contribution in [0.1, 0.15) is 30.0 Å². The van der Waals surface area contributed by atoms with Crippen LogP contribution in [0.2, 0.25) is 5.02 Å². The summed E-state index contributed by atoms with van der Waals surface area (Å²) in [4.78, 5) is 30.5. The minimum absolute atomic E-state index is 0.0706. The molecule has 220 valence electrons. The van der Waals surface area contributed by atoms with Gasteiger partial charge in [-0.05, 0) is 71.7 Å². The number of nitrogens with zero attached hydrogens (tertiary/aromatic N) is 1. The summed E-state index contributed by atoms with van der Waals surface area (Å²) in [5.41, 5.74) is 6.16. The standard InChI is InChI=1S/C30H32ClN4O6P/c1-17-5-8-22(11-21(17)16-42(39,32-14-28(36)37)33-15-29(38)40-3)41-30-34-26-12-24(25(31)13-27(26)35-30)20-7-9-23-18(2)4-6-19(23)10-20/h4-8,10-13,18,23H,9,14-16H2,1-3H3,(H,34,35)(H,36,37)(H2,32,33,39). The Morgan fingerprint density at radius 2 is 2.00 bits per heavy atom. The first-order valence-electron chi connectivity index (χ1n) is 13.5. The summed E-state index contributed by atoms with van der Waals surface area (Å²) in [6, 6.07) is 9.31. The highest BCUT2D eigenvalue weighted by atomic mass is 35.5. The van der Waals surface area contributed by atoms with Crippen molar-refractivity contribution < 1.29 is 28.7 Å². The zero-order chi connectivity index (χ0) is 30.0. The van der Waals surface area contributed by atoms with E-state index >= 15 is 0 Å². The van der Waals surface area contributed by atoms with Crippen molar-refractivity contribution in [3.05, 3.63) is 81.9 Å². The molecule has 0 radical (unpaired) electrons. The number of benzene rings is 2. The number of aryl methyl sites for hydroxylation is 1. The molecule has 0 bridgehead atoms. The molecule has 3 unspecified atom stereocenters. The molecule has 0 spiro atoms. The highest BCUT2D eigenvalue weighted by molar-refractivity contribution is 7.59. The normalized spacial score (nSPS) is 19.1. The number of halogens is 1. The van der Waals surface area contributed by atoms with Crippen LogP contribution in [0.3, 0.4) is 0 Å². The number of ether oxygens (including phenoxy) is 2. The molecule has 4 N–H and O–H groups in total. The number of fused-ring (bicyclic) bond motifs is 2. The van der Waals surface area contributed by atoms with Crippen molar-refractivity contribution in [2.75, 3.05) is 20.2 Å².